The van der Waals surface area contributed by atoms with E-state index in [4.69, 9.17) is 15.2 Å². The first-order chi connectivity index (χ1) is 15.2. The van der Waals surface area contributed by atoms with Crippen LogP contribution in [0.5, 0.6) is 11.5 Å². The summed E-state index contributed by atoms with van der Waals surface area (Å²) in [4.78, 5) is 49.8. The molecule has 4 N–H and O–H groups in total. The molecule has 5 amide bonds. The van der Waals surface area contributed by atoms with Gasteiger partial charge in [0, 0.05) is 0 Å². The van der Waals surface area contributed by atoms with Crippen molar-refractivity contribution in [3.05, 3.63) is 54.1 Å². The lowest BCUT2D eigenvalue weighted by Crippen LogP contribution is -2.42. The van der Waals surface area contributed by atoms with Gasteiger partial charge in [0.1, 0.15) is 23.6 Å². The third-order valence-electron chi connectivity index (χ3n) is 5.01. The lowest BCUT2D eigenvalue weighted by Gasteiger charge is -2.22. The molecule has 1 aliphatic heterocycles. The van der Waals surface area contributed by atoms with Gasteiger partial charge in [-0.2, -0.15) is 0 Å². The number of methoxy groups -OCH3 is 1. The third-order valence-corrected chi connectivity index (χ3v) is 5.01. The van der Waals surface area contributed by atoms with Crippen LogP contribution in [0.3, 0.4) is 0 Å². The molecule has 0 bridgehead atoms. The molecule has 0 aliphatic carbocycles. The van der Waals surface area contributed by atoms with E-state index in [9.17, 15) is 19.2 Å². The van der Waals surface area contributed by atoms with Crippen molar-refractivity contribution in [2.24, 2.45) is 5.73 Å². The van der Waals surface area contributed by atoms with Gasteiger partial charge in [0.15, 0.2) is 0 Å². The normalized spacial score (nSPS) is 17.6. The molecule has 0 radical (unpaired) electrons. The fourth-order valence-corrected chi connectivity index (χ4v) is 3.25. The van der Waals surface area contributed by atoms with Gasteiger partial charge >= 0.3 is 6.03 Å². The summed E-state index contributed by atoms with van der Waals surface area (Å²) >= 11 is 0. The SMILES string of the molecule is COc1ccc(C2(C)NC(=O)N(CC(=O)Nc3ccccc3OCCC(N)=O)C2=O)cc1. The minimum atomic E-state index is -1.31. The minimum absolute atomic E-state index is 0.0225. The van der Waals surface area contributed by atoms with Gasteiger partial charge < -0.3 is 25.8 Å². The average Bonchev–Trinajstić information content (AvgIpc) is 2.98. The van der Waals surface area contributed by atoms with Gasteiger partial charge in [-0.3, -0.25) is 19.3 Å². The molecular formula is C22H24N4O6. The highest BCUT2D eigenvalue weighted by molar-refractivity contribution is 6.10. The fraction of sp³-hybridized carbons (Fsp3) is 0.273. The molecule has 1 unspecified atom stereocenters. The Morgan fingerprint density at radius 1 is 1.12 bits per heavy atom. The Labute approximate surface area is 184 Å². The van der Waals surface area contributed by atoms with Crippen molar-refractivity contribution in [1.29, 1.82) is 0 Å². The monoisotopic (exact) mass is 440 g/mol. The summed E-state index contributed by atoms with van der Waals surface area (Å²) < 4.78 is 10.6. The molecule has 1 atom stereocenters. The summed E-state index contributed by atoms with van der Waals surface area (Å²) in [7, 11) is 1.53. The summed E-state index contributed by atoms with van der Waals surface area (Å²) in [5, 5.41) is 5.28. The number of para-hydroxylation sites is 2. The maximum atomic E-state index is 13.0. The molecule has 1 aliphatic rings. The summed E-state index contributed by atoms with van der Waals surface area (Å²) in [6, 6.07) is 12.7. The minimum Gasteiger partial charge on any atom is -0.497 e. The van der Waals surface area contributed by atoms with Crippen molar-refractivity contribution < 1.29 is 28.7 Å². The van der Waals surface area contributed by atoms with Crippen LogP contribution in [0.2, 0.25) is 0 Å². The second kappa shape index (κ2) is 9.38. The van der Waals surface area contributed by atoms with Crippen molar-refractivity contribution in [3.63, 3.8) is 0 Å². The van der Waals surface area contributed by atoms with Crippen LogP contribution in [0.25, 0.3) is 0 Å². The third kappa shape index (κ3) is 4.80. The number of urea groups is 1. The van der Waals surface area contributed by atoms with E-state index in [0.717, 1.165) is 4.90 Å². The maximum Gasteiger partial charge on any atom is 0.325 e. The Morgan fingerprint density at radius 3 is 2.47 bits per heavy atom. The fourth-order valence-electron chi connectivity index (χ4n) is 3.25. The van der Waals surface area contributed by atoms with Gasteiger partial charge in [-0.25, -0.2) is 4.79 Å². The van der Waals surface area contributed by atoms with E-state index < -0.39 is 35.8 Å². The van der Waals surface area contributed by atoms with Gasteiger partial charge in [0.05, 0.1) is 25.8 Å². The van der Waals surface area contributed by atoms with Crippen LogP contribution in [0.15, 0.2) is 48.5 Å². The molecule has 168 valence electrons. The lowest BCUT2D eigenvalue weighted by molar-refractivity contribution is -0.133. The second-order valence-corrected chi connectivity index (χ2v) is 7.28. The van der Waals surface area contributed by atoms with Gasteiger partial charge in [-0.1, -0.05) is 24.3 Å². The number of amides is 5. The number of benzene rings is 2. The van der Waals surface area contributed by atoms with Crippen molar-refractivity contribution in [1.82, 2.24) is 10.2 Å². The number of imide groups is 1. The van der Waals surface area contributed by atoms with Crippen LogP contribution in [0, 0.1) is 0 Å². The Bertz CT molecular complexity index is 1040. The number of ether oxygens (including phenoxy) is 2. The van der Waals surface area contributed by atoms with Crippen LogP contribution in [0.1, 0.15) is 18.9 Å². The first-order valence-electron chi connectivity index (χ1n) is 9.83. The van der Waals surface area contributed by atoms with Crippen molar-refractivity contribution in [3.8, 4) is 11.5 Å². The molecule has 10 nitrogen and oxygen atoms in total. The number of rotatable bonds is 9. The number of hydrogen-bond acceptors (Lipinski definition) is 6. The van der Waals surface area contributed by atoms with E-state index in [1.165, 1.54) is 7.11 Å². The molecule has 1 fully saturated rings. The largest absolute Gasteiger partial charge is 0.497 e. The first kappa shape index (κ1) is 22.6. The van der Waals surface area contributed by atoms with Crippen molar-refractivity contribution in [2.75, 3.05) is 25.6 Å². The van der Waals surface area contributed by atoms with Gasteiger partial charge in [0.25, 0.3) is 5.91 Å². The lowest BCUT2D eigenvalue weighted by atomic mass is 9.92. The Morgan fingerprint density at radius 2 is 1.81 bits per heavy atom. The maximum absolute atomic E-state index is 13.0. The topological polar surface area (TPSA) is 140 Å². The van der Waals surface area contributed by atoms with Crippen LogP contribution in [-0.2, 0) is 19.9 Å². The van der Waals surface area contributed by atoms with E-state index >= 15 is 0 Å². The predicted molar refractivity (Wildman–Crippen MR) is 115 cm³/mol. The molecule has 3 rings (SSSR count). The first-order valence-corrected chi connectivity index (χ1v) is 9.83. The quantitative estimate of drug-likeness (QED) is 0.503. The number of nitrogens with one attached hydrogen (secondary N) is 2. The average molecular weight is 440 g/mol. The summed E-state index contributed by atoms with van der Waals surface area (Å²) in [5.41, 5.74) is 4.70. The number of anilines is 1. The molecule has 2 aromatic carbocycles. The summed E-state index contributed by atoms with van der Waals surface area (Å²) in [6.07, 6.45) is 0.0225. The zero-order valence-corrected chi connectivity index (χ0v) is 17.7. The van der Waals surface area contributed by atoms with Gasteiger partial charge in [-0.15, -0.1) is 0 Å². The standard InChI is InChI=1S/C22H24N4O6/c1-22(14-7-9-15(31-2)10-8-14)20(29)26(21(30)25-22)13-19(28)24-16-5-3-4-6-17(16)32-12-11-18(23)27/h3-10H,11-13H2,1-2H3,(H2,23,27)(H,24,28)(H,25,30). The molecule has 0 aromatic heterocycles. The van der Waals surface area contributed by atoms with E-state index in [1.807, 2.05) is 0 Å². The van der Waals surface area contributed by atoms with E-state index in [2.05, 4.69) is 10.6 Å². The molecule has 1 heterocycles. The summed E-state index contributed by atoms with van der Waals surface area (Å²) in [6.45, 7) is 1.15. The number of carbonyl (C=O) groups is 4. The van der Waals surface area contributed by atoms with Crippen LogP contribution in [0.4, 0.5) is 10.5 Å². The zero-order chi connectivity index (χ0) is 23.3. The number of nitrogens with zero attached hydrogens (tertiary/aromatic N) is 1. The Balaban J connectivity index is 1.68. The number of carbonyl (C=O) groups excluding carboxylic acids is 4. The highest BCUT2D eigenvalue weighted by Gasteiger charge is 2.49. The highest BCUT2D eigenvalue weighted by Crippen LogP contribution is 2.30. The second-order valence-electron chi connectivity index (χ2n) is 7.28. The molecule has 10 heteroatoms. The highest BCUT2D eigenvalue weighted by atomic mass is 16.5. The molecule has 0 saturated carbocycles. The molecule has 2 aromatic rings. The van der Waals surface area contributed by atoms with Gasteiger partial charge in [0.2, 0.25) is 11.8 Å². The molecular weight excluding hydrogens is 416 g/mol. The van der Waals surface area contributed by atoms with Crippen LogP contribution in [-0.4, -0.2) is 48.9 Å². The zero-order valence-electron chi connectivity index (χ0n) is 17.7. The number of hydrogen-bond donors (Lipinski definition) is 3. The Kier molecular flexibility index (Phi) is 6.62. The van der Waals surface area contributed by atoms with E-state index in [1.54, 1.807) is 55.5 Å². The number of nitrogens with two attached hydrogens (primary N) is 1. The predicted octanol–water partition coefficient (Wildman–Crippen LogP) is 1.36. The summed E-state index contributed by atoms with van der Waals surface area (Å²) in [5.74, 6) is -0.693. The van der Waals surface area contributed by atoms with Crippen LogP contribution < -0.4 is 25.8 Å². The van der Waals surface area contributed by atoms with Crippen molar-refractivity contribution >= 4 is 29.4 Å². The van der Waals surface area contributed by atoms with E-state index in [-0.39, 0.29) is 13.0 Å². The van der Waals surface area contributed by atoms with E-state index in [0.29, 0.717) is 22.7 Å². The number of primary amides is 1. The Hall–Kier alpha value is -4.08. The molecule has 1 saturated heterocycles. The smallest absolute Gasteiger partial charge is 0.325 e. The van der Waals surface area contributed by atoms with Gasteiger partial charge in [-0.05, 0) is 36.8 Å². The molecule has 0 spiro atoms. The van der Waals surface area contributed by atoms with Crippen LogP contribution >= 0.6 is 0 Å². The van der Waals surface area contributed by atoms with Crippen molar-refractivity contribution in [2.45, 2.75) is 18.9 Å². The molecule has 32 heavy (non-hydrogen) atoms.